The minimum atomic E-state index is -0.713. The monoisotopic (exact) mass is 360 g/mol. The van der Waals surface area contributed by atoms with Crippen LogP contribution in [0.25, 0.3) is 5.65 Å². The van der Waals surface area contributed by atoms with Crippen molar-refractivity contribution in [2.24, 2.45) is 4.99 Å². The van der Waals surface area contributed by atoms with Crippen molar-refractivity contribution < 1.29 is 5.11 Å². The molecule has 26 heavy (non-hydrogen) atoms. The van der Waals surface area contributed by atoms with Gasteiger partial charge in [-0.2, -0.15) is 0 Å². The average Bonchev–Trinajstić information content (AvgIpc) is 3.03. The number of guanidine groups is 1. The van der Waals surface area contributed by atoms with Crippen molar-refractivity contribution in [2.75, 3.05) is 19.6 Å². The number of rotatable bonds is 10. The number of nitrogens with zero attached hydrogens (tertiary/aromatic N) is 4. The maximum atomic E-state index is 10.7. The Morgan fingerprint density at radius 3 is 2.62 bits per heavy atom. The highest BCUT2D eigenvalue weighted by Gasteiger charge is 2.24. The fourth-order valence-electron chi connectivity index (χ4n) is 3.14. The number of hydrogen-bond donors (Lipinski definition) is 3. The zero-order chi connectivity index (χ0) is 18.8. The minimum absolute atomic E-state index is 0.415. The SMILES string of the molecule is CCCC(O)(CCC)CN=C(NCC)NCCc1nnc2ccccn12. The largest absolute Gasteiger partial charge is 0.388 e. The predicted octanol–water partition coefficient (Wildman–Crippen LogP) is 2.16. The predicted molar refractivity (Wildman–Crippen MR) is 105 cm³/mol. The van der Waals surface area contributed by atoms with Crippen molar-refractivity contribution in [1.29, 1.82) is 0 Å². The van der Waals surface area contributed by atoms with Gasteiger partial charge in [-0.15, -0.1) is 10.2 Å². The summed E-state index contributed by atoms with van der Waals surface area (Å²) < 4.78 is 1.99. The van der Waals surface area contributed by atoms with E-state index in [2.05, 4.69) is 39.7 Å². The third kappa shape index (κ3) is 5.69. The van der Waals surface area contributed by atoms with Crippen LogP contribution in [0.15, 0.2) is 29.4 Å². The van der Waals surface area contributed by atoms with E-state index >= 15 is 0 Å². The summed E-state index contributed by atoms with van der Waals surface area (Å²) in [5, 5.41) is 25.7. The molecule has 2 aromatic heterocycles. The molecule has 0 radical (unpaired) electrons. The third-order valence-electron chi connectivity index (χ3n) is 4.33. The Morgan fingerprint density at radius 2 is 1.92 bits per heavy atom. The molecular weight excluding hydrogens is 328 g/mol. The van der Waals surface area contributed by atoms with Crippen LogP contribution in [0.2, 0.25) is 0 Å². The third-order valence-corrected chi connectivity index (χ3v) is 4.33. The number of aliphatic hydroxyl groups is 1. The molecule has 0 aromatic carbocycles. The normalized spacial score (nSPS) is 12.5. The molecule has 0 aliphatic carbocycles. The smallest absolute Gasteiger partial charge is 0.191 e. The molecule has 0 saturated heterocycles. The van der Waals surface area contributed by atoms with Crippen molar-refractivity contribution in [2.45, 2.75) is 58.5 Å². The fourth-order valence-corrected chi connectivity index (χ4v) is 3.14. The van der Waals surface area contributed by atoms with Gasteiger partial charge >= 0.3 is 0 Å². The van der Waals surface area contributed by atoms with Gasteiger partial charge in [-0.3, -0.25) is 9.39 Å². The van der Waals surface area contributed by atoms with Crippen LogP contribution in [0.1, 0.15) is 52.3 Å². The highest BCUT2D eigenvalue weighted by Crippen LogP contribution is 2.19. The highest BCUT2D eigenvalue weighted by atomic mass is 16.3. The fraction of sp³-hybridized carbons (Fsp3) is 0.632. The van der Waals surface area contributed by atoms with Gasteiger partial charge in [-0.05, 0) is 31.9 Å². The minimum Gasteiger partial charge on any atom is -0.388 e. The Balaban J connectivity index is 1.94. The Morgan fingerprint density at radius 1 is 1.15 bits per heavy atom. The van der Waals surface area contributed by atoms with E-state index in [-0.39, 0.29) is 0 Å². The molecule has 7 nitrogen and oxygen atoms in total. The molecule has 0 unspecified atom stereocenters. The molecule has 0 aliphatic heterocycles. The van der Waals surface area contributed by atoms with E-state index in [1.807, 2.05) is 35.7 Å². The molecule has 144 valence electrons. The van der Waals surface area contributed by atoms with Gasteiger partial charge in [0.25, 0.3) is 0 Å². The lowest BCUT2D eigenvalue weighted by atomic mass is 9.93. The van der Waals surface area contributed by atoms with Crippen LogP contribution in [-0.4, -0.2) is 50.9 Å². The van der Waals surface area contributed by atoms with Gasteiger partial charge in [0.15, 0.2) is 11.6 Å². The van der Waals surface area contributed by atoms with Crippen molar-refractivity contribution >= 4 is 11.6 Å². The highest BCUT2D eigenvalue weighted by molar-refractivity contribution is 5.79. The number of nitrogens with one attached hydrogen (secondary N) is 2. The van der Waals surface area contributed by atoms with Crippen LogP contribution in [0, 0.1) is 0 Å². The van der Waals surface area contributed by atoms with E-state index in [0.717, 1.165) is 56.1 Å². The second kappa shape index (κ2) is 10.1. The molecule has 2 aromatic rings. The van der Waals surface area contributed by atoms with Crippen molar-refractivity contribution in [3.05, 3.63) is 30.2 Å². The first kappa shape index (κ1) is 20.2. The van der Waals surface area contributed by atoms with Gasteiger partial charge in [-0.1, -0.05) is 32.8 Å². The number of aromatic nitrogens is 3. The summed E-state index contributed by atoms with van der Waals surface area (Å²) in [6.45, 7) is 8.11. The van der Waals surface area contributed by atoms with E-state index in [9.17, 15) is 5.11 Å². The molecule has 0 bridgehead atoms. The molecule has 3 N–H and O–H groups in total. The summed E-state index contributed by atoms with van der Waals surface area (Å²) in [6.07, 6.45) is 6.17. The number of hydrogen-bond acceptors (Lipinski definition) is 4. The molecule has 0 atom stereocenters. The first-order valence-electron chi connectivity index (χ1n) is 9.65. The molecule has 0 fully saturated rings. The van der Waals surface area contributed by atoms with Gasteiger partial charge in [0.1, 0.15) is 5.82 Å². The van der Waals surface area contributed by atoms with Crippen molar-refractivity contribution in [3.8, 4) is 0 Å². The molecule has 0 spiro atoms. The zero-order valence-electron chi connectivity index (χ0n) is 16.2. The van der Waals surface area contributed by atoms with Gasteiger partial charge in [-0.25, -0.2) is 0 Å². The van der Waals surface area contributed by atoms with E-state index in [4.69, 9.17) is 0 Å². The van der Waals surface area contributed by atoms with Crippen LogP contribution in [0.3, 0.4) is 0 Å². The summed E-state index contributed by atoms with van der Waals surface area (Å²) in [7, 11) is 0. The van der Waals surface area contributed by atoms with Crippen molar-refractivity contribution in [3.63, 3.8) is 0 Å². The maximum absolute atomic E-state index is 10.7. The quantitative estimate of drug-likeness (QED) is 0.446. The lowest BCUT2D eigenvalue weighted by molar-refractivity contribution is 0.0306. The first-order chi connectivity index (χ1) is 12.6. The van der Waals surface area contributed by atoms with Crippen LogP contribution < -0.4 is 10.6 Å². The standard InChI is InChI=1S/C19H32N6O/c1-4-11-19(26,12-5-2)15-22-18(20-6-3)21-13-10-17-24-23-16-9-7-8-14-25(16)17/h7-9,14,26H,4-6,10-13,15H2,1-3H3,(H2,20,21,22). The Labute approximate surface area is 155 Å². The second-order valence-corrected chi connectivity index (χ2v) is 6.64. The molecule has 7 heteroatoms. The van der Waals surface area contributed by atoms with E-state index in [1.54, 1.807) is 0 Å². The Kier molecular flexibility index (Phi) is 7.84. The molecule has 2 heterocycles. The molecular formula is C19H32N6O. The summed E-state index contributed by atoms with van der Waals surface area (Å²) in [5.41, 5.74) is 0.141. The molecule has 0 amide bonds. The summed E-state index contributed by atoms with van der Waals surface area (Å²) in [5.74, 6) is 1.64. The molecule has 0 saturated carbocycles. The first-order valence-corrected chi connectivity index (χ1v) is 9.65. The molecule has 0 aliphatic rings. The average molecular weight is 361 g/mol. The van der Waals surface area contributed by atoms with Crippen LogP contribution in [0.4, 0.5) is 0 Å². The van der Waals surface area contributed by atoms with Crippen molar-refractivity contribution in [1.82, 2.24) is 25.2 Å². The Hall–Kier alpha value is -2.15. The lowest BCUT2D eigenvalue weighted by Gasteiger charge is -2.26. The number of pyridine rings is 1. The van der Waals surface area contributed by atoms with E-state index in [0.29, 0.717) is 13.1 Å². The van der Waals surface area contributed by atoms with E-state index in [1.165, 1.54) is 0 Å². The number of fused-ring (bicyclic) bond motifs is 1. The second-order valence-electron chi connectivity index (χ2n) is 6.64. The number of aliphatic imine (C=N–C) groups is 1. The van der Waals surface area contributed by atoms with Crippen LogP contribution in [0.5, 0.6) is 0 Å². The summed E-state index contributed by atoms with van der Waals surface area (Å²) >= 11 is 0. The maximum Gasteiger partial charge on any atom is 0.191 e. The Bertz CT molecular complexity index is 690. The van der Waals surface area contributed by atoms with Gasteiger partial charge in [0.05, 0.1) is 12.1 Å². The van der Waals surface area contributed by atoms with Gasteiger partial charge < -0.3 is 15.7 Å². The topological polar surface area (TPSA) is 86.8 Å². The summed E-state index contributed by atoms with van der Waals surface area (Å²) in [6, 6.07) is 5.87. The zero-order valence-corrected chi connectivity index (χ0v) is 16.2. The van der Waals surface area contributed by atoms with Crippen LogP contribution in [-0.2, 0) is 6.42 Å². The van der Waals surface area contributed by atoms with Gasteiger partial charge in [0, 0.05) is 25.7 Å². The summed E-state index contributed by atoms with van der Waals surface area (Å²) in [4.78, 5) is 4.61. The van der Waals surface area contributed by atoms with Crippen LogP contribution >= 0.6 is 0 Å². The molecule has 2 rings (SSSR count). The van der Waals surface area contributed by atoms with Gasteiger partial charge in [0.2, 0.25) is 0 Å². The lowest BCUT2D eigenvalue weighted by Crippen LogP contribution is -2.41. The van der Waals surface area contributed by atoms with E-state index < -0.39 is 5.60 Å².